The van der Waals surface area contributed by atoms with Crippen molar-refractivity contribution in [2.45, 2.75) is 44.8 Å². The largest absolute Gasteiger partial charge is 0.299 e. The monoisotopic (exact) mass is 186 g/mol. The molecule has 0 bridgehead atoms. The van der Waals surface area contributed by atoms with Crippen molar-refractivity contribution in [2.24, 2.45) is 11.8 Å². The van der Waals surface area contributed by atoms with Crippen LogP contribution in [-0.2, 0) is 4.79 Å². The number of hydrogen-bond acceptors (Lipinski definition) is 2. The smallest absolute Gasteiger partial charge is 0.137 e. The minimum atomic E-state index is -0.0392. The van der Waals surface area contributed by atoms with Gasteiger partial charge < -0.3 is 0 Å². The fourth-order valence-electron chi connectivity index (χ4n) is 1.93. The molecule has 0 heterocycles. The molecule has 1 aliphatic carbocycles. The molecule has 1 saturated carbocycles. The van der Waals surface area contributed by atoms with Crippen molar-refractivity contribution in [3.05, 3.63) is 0 Å². The summed E-state index contributed by atoms with van der Waals surface area (Å²) in [6.07, 6.45) is 2.75. The van der Waals surface area contributed by atoms with Crippen LogP contribution < -0.4 is 0 Å². The maximum atomic E-state index is 11.6. The molecule has 0 aromatic rings. The van der Waals surface area contributed by atoms with E-state index >= 15 is 0 Å². The molecule has 0 aromatic carbocycles. The van der Waals surface area contributed by atoms with E-state index in [1.54, 1.807) is 0 Å². The number of rotatable bonds is 1. The summed E-state index contributed by atoms with van der Waals surface area (Å²) in [5.41, 5.74) is 0. The van der Waals surface area contributed by atoms with Crippen molar-refractivity contribution in [1.29, 1.82) is 0 Å². The quantitative estimate of drug-likeness (QED) is 0.623. The van der Waals surface area contributed by atoms with Gasteiger partial charge >= 0.3 is 0 Å². The van der Waals surface area contributed by atoms with Crippen molar-refractivity contribution < 1.29 is 4.79 Å². The van der Waals surface area contributed by atoms with Gasteiger partial charge in [-0.3, -0.25) is 4.79 Å². The van der Waals surface area contributed by atoms with E-state index in [0.29, 0.717) is 24.0 Å². The summed E-state index contributed by atoms with van der Waals surface area (Å²) in [5.74, 6) is 1.21. The van der Waals surface area contributed by atoms with Gasteiger partial charge in [0.2, 0.25) is 0 Å². The standard InChI is InChI=1S/C10H18OS/c1-7(2)8-4-5-10(3,12)6-9(8)11/h7-8,12H,4-6H2,1-3H3/t8-,10-/m0/s1. The van der Waals surface area contributed by atoms with Crippen LogP contribution in [0.1, 0.15) is 40.0 Å². The normalized spacial score (nSPS) is 37.4. The minimum absolute atomic E-state index is 0.0392. The van der Waals surface area contributed by atoms with Crippen molar-refractivity contribution in [3.63, 3.8) is 0 Å². The highest BCUT2D eigenvalue weighted by Gasteiger charge is 2.35. The topological polar surface area (TPSA) is 17.1 Å². The van der Waals surface area contributed by atoms with E-state index < -0.39 is 0 Å². The van der Waals surface area contributed by atoms with Gasteiger partial charge in [-0.05, 0) is 18.8 Å². The van der Waals surface area contributed by atoms with Crippen LogP contribution >= 0.6 is 12.6 Å². The van der Waals surface area contributed by atoms with E-state index in [0.717, 1.165) is 12.8 Å². The summed E-state index contributed by atoms with van der Waals surface area (Å²) < 4.78 is -0.0392. The van der Waals surface area contributed by atoms with Crippen LogP contribution in [0.15, 0.2) is 0 Å². The number of ketones is 1. The second kappa shape index (κ2) is 3.41. The summed E-state index contributed by atoms with van der Waals surface area (Å²) in [6.45, 7) is 6.32. The van der Waals surface area contributed by atoms with Crippen molar-refractivity contribution in [3.8, 4) is 0 Å². The molecule has 0 radical (unpaired) electrons. The molecule has 1 fully saturated rings. The lowest BCUT2D eigenvalue weighted by Crippen LogP contribution is -2.35. The SMILES string of the molecule is CC(C)[C@@H]1CC[C@](C)(S)CC1=O. The highest BCUT2D eigenvalue weighted by Crippen LogP contribution is 2.36. The Morgan fingerprint density at radius 2 is 2.17 bits per heavy atom. The van der Waals surface area contributed by atoms with Crippen molar-refractivity contribution in [2.75, 3.05) is 0 Å². The third-order valence-corrected chi connectivity index (χ3v) is 3.15. The Labute approximate surface area is 80.3 Å². The fourth-order valence-corrected chi connectivity index (χ4v) is 2.21. The highest BCUT2D eigenvalue weighted by atomic mass is 32.1. The van der Waals surface area contributed by atoms with E-state index in [1.165, 1.54) is 0 Å². The zero-order chi connectivity index (χ0) is 9.35. The van der Waals surface area contributed by atoms with E-state index in [4.69, 9.17) is 0 Å². The lowest BCUT2D eigenvalue weighted by Gasteiger charge is -2.33. The first kappa shape index (κ1) is 10.1. The van der Waals surface area contributed by atoms with Crippen LogP contribution in [0.5, 0.6) is 0 Å². The van der Waals surface area contributed by atoms with Gasteiger partial charge in [0.1, 0.15) is 5.78 Å². The van der Waals surface area contributed by atoms with Gasteiger partial charge in [-0.25, -0.2) is 0 Å². The first-order valence-corrected chi connectivity index (χ1v) is 5.12. The zero-order valence-electron chi connectivity index (χ0n) is 8.13. The Morgan fingerprint density at radius 1 is 1.58 bits per heavy atom. The molecule has 0 saturated heterocycles. The molecule has 1 rings (SSSR count). The Morgan fingerprint density at radius 3 is 2.58 bits per heavy atom. The summed E-state index contributed by atoms with van der Waals surface area (Å²) in [4.78, 5) is 11.6. The molecule has 0 amide bonds. The number of carbonyl (C=O) groups is 1. The Hall–Kier alpha value is 0.0200. The second-order valence-electron chi connectivity index (χ2n) is 4.53. The van der Waals surface area contributed by atoms with Gasteiger partial charge in [0.05, 0.1) is 0 Å². The summed E-state index contributed by atoms with van der Waals surface area (Å²) in [7, 11) is 0. The molecule has 2 atom stereocenters. The molecule has 70 valence electrons. The lowest BCUT2D eigenvalue weighted by atomic mass is 9.76. The van der Waals surface area contributed by atoms with Crippen LogP contribution in [0, 0.1) is 11.8 Å². The summed E-state index contributed by atoms with van der Waals surface area (Å²) in [5, 5.41) is 0. The van der Waals surface area contributed by atoms with Gasteiger partial charge in [0.15, 0.2) is 0 Å². The number of carbonyl (C=O) groups excluding carboxylic acids is 1. The first-order valence-electron chi connectivity index (χ1n) is 4.67. The van der Waals surface area contributed by atoms with Crippen LogP contribution in [0.3, 0.4) is 0 Å². The average Bonchev–Trinajstić information content (AvgIpc) is 1.83. The first-order chi connectivity index (χ1) is 5.42. The lowest BCUT2D eigenvalue weighted by molar-refractivity contribution is -0.126. The van der Waals surface area contributed by atoms with Gasteiger partial charge in [0.25, 0.3) is 0 Å². The maximum absolute atomic E-state index is 11.6. The average molecular weight is 186 g/mol. The number of hydrogen-bond donors (Lipinski definition) is 1. The molecule has 0 unspecified atom stereocenters. The molecular formula is C10H18OS. The Balaban J connectivity index is 2.60. The molecule has 0 aliphatic heterocycles. The van der Waals surface area contributed by atoms with Crippen molar-refractivity contribution >= 4 is 18.4 Å². The van der Waals surface area contributed by atoms with E-state index in [2.05, 4.69) is 33.4 Å². The van der Waals surface area contributed by atoms with Gasteiger partial charge in [0, 0.05) is 17.1 Å². The summed E-state index contributed by atoms with van der Waals surface area (Å²) in [6, 6.07) is 0. The van der Waals surface area contributed by atoms with Crippen LogP contribution in [-0.4, -0.2) is 10.5 Å². The Bertz CT molecular complexity index is 184. The van der Waals surface area contributed by atoms with Gasteiger partial charge in [-0.15, -0.1) is 0 Å². The second-order valence-corrected chi connectivity index (χ2v) is 5.61. The van der Waals surface area contributed by atoms with Crippen LogP contribution in [0.4, 0.5) is 0 Å². The Kier molecular flexibility index (Phi) is 2.87. The minimum Gasteiger partial charge on any atom is -0.299 e. The summed E-state index contributed by atoms with van der Waals surface area (Å²) >= 11 is 4.47. The fraction of sp³-hybridized carbons (Fsp3) is 0.900. The van der Waals surface area contributed by atoms with E-state index in [-0.39, 0.29) is 4.75 Å². The van der Waals surface area contributed by atoms with Crippen LogP contribution in [0.25, 0.3) is 0 Å². The maximum Gasteiger partial charge on any atom is 0.137 e. The molecule has 1 nitrogen and oxygen atoms in total. The van der Waals surface area contributed by atoms with Crippen LogP contribution in [0.2, 0.25) is 0 Å². The highest BCUT2D eigenvalue weighted by molar-refractivity contribution is 7.81. The molecule has 0 aromatic heterocycles. The molecule has 0 N–H and O–H groups in total. The van der Waals surface area contributed by atoms with E-state index in [9.17, 15) is 4.79 Å². The number of Topliss-reactive ketones (excluding diaryl/α,β-unsaturated/α-hetero) is 1. The zero-order valence-corrected chi connectivity index (χ0v) is 9.03. The van der Waals surface area contributed by atoms with E-state index in [1.807, 2.05) is 0 Å². The number of thiol groups is 1. The molecule has 2 heteroatoms. The third-order valence-electron chi connectivity index (χ3n) is 2.77. The predicted molar refractivity (Wildman–Crippen MR) is 54.6 cm³/mol. The molecule has 1 aliphatic rings. The van der Waals surface area contributed by atoms with Gasteiger partial charge in [-0.1, -0.05) is 20.8 Å². The molecular weight excluding hydrogens is 168 g/mol. The third kappa shape index (κ3) is 2.25. The van der Waals surface area contributed by atoms with Gasteiger partial charge in [-0.2, -0.15) is 12.6 Å². The molecule has 12 heavy (non-hydrogen) atoms. The van der Waals surface area contributed by atoms with Crippen molar-refractivity contribution in [1.82, 2.24) is 0 Å². The predicted octanol–water partition coefficient (Wildman–Crippen LogP) is 2.70. The molecule has 0 spiro atoms.